The fourth-order valence-corrected chi connectivity index (χ4v) is 4.12. The van der Waals surface area contributed by atoms with Crippen LogP contribution < -0.4 is 0 Å². The minimum atomic E-state index is 0.164. The molecule has 2 aromatic carbocycles. The Morgan fingerprint density at radius 3 is 2.70 bits per heavy atom. The van der Waals surface area contributed by atoms with E-state index >= 15 is 0 Å². The van der Waals surface area contributed by atoms with Gasteiger partial charge in [0.15, 0.2) is 0 Å². The molecule has 1 aromatic heterocycles. The topological polar surface area (TPSA) is 38.1 Å². The number of aromatic nitrogens is 2. The maximum atomic E-state index is 12.5. The third kappa shape index (κ3) is 3.79. The predicted molar refractivity (Wildman–Crippen MR) is 112 cm³/mol. The van der Waals surface area contributed by atoms with Crippen LogP contribution in [0.1, 0.15) is 43.5 Å². The van der Waals surface area contributed by atoms with Crippen LogP contribution in [0.5, 0.6) is 0 Å². The summed E-state index contributed by atoms with van der Waals surface area (Å²) in [6, 6.07) is 16.7. The number of carbonyl (C=O) groups is 1. The summed E-state index contributed by atoms with van der Waals surface area (Å²) in [4.78, 5) is 19.4. The number of benzene rings is 2. The van der Waals surface area contributed by atoms with Crippen molar-refractivity contribution in [1.82, 2.24) is 14.5 Å². The average molecular weight is 426 g/mol. The van der Waals surface area contributed by atoms with Crippen molar-refractivity contribution in [3.63, 3.8) is 0 Å². The van der Waals surface area contributed by atoms with Crippen LogP contribution in [0.4, 0.5) is 0 Å². The second kappa shape index (κ2) is 7.85. The number of para-hydroxylation sites is 2. The van der Waals surface area contributed by atoms with Gasteiger partial charge in [0, 0.05) is 36.4 Å². The first-order valence-corrected chi connectivity index (χ1v) is 10.4. The maximum Gasteiger partial charge on any atom is 0.223 e. The van der Waals surface area contributed by atoms with Crippen molar-refractivity contribution in [2.24, 2.45) is 0 Å². The van der Waals surface area contributed by atoms with Crippen molar-refractivity contribution >= 4 is 32.9 Å². The van der Waals surface area contributed by atoms with E-state index in [2.05, 4.69) is 69.9 Å². The molecule has 0 N–H and O–H groups in total. The highest BCUT2D eigenvalue weighted by Gasteiger charge is 2.33. The lowest BCUT2D eigenvalue weighted by molar-refractivity contribution is -0.127. The fourth-order valence-electron chi connectivity index (χ4n) is 3.85. The van der Waals surface area contributed by atoms with E-state index < -0.39 is 0 Å². The smallest absolute Gasteiger partial charge is 0.223 e. The van der Waals surface area contributed by atoms with Gasteiger partial charge in [-0.3, -0.25) is 4.79 Å². The highest BCUT2D eigenvalue weighted by atomic mass is 79.9. The fraction of sp³-hybridized carbons (Fsp3) is 0.364. The van der Waals surface area contributed by atoms with Gasteiger partial charge in [-0.2, -0.15) is 0 Å². The van der Waals surface area contributed by atoms with Gasteiger partial charge < -0.3 is 9.47 Å². The lowest BCUT2D eigenvalue weighted by Gasteiger charge is -2.17. The van der Waals surface area contributed by atoms with Gasteiger partial charge in [0.1, 0.15) is 5.82 Å². The van der Waals surface area contributed by atoms with E-state index in [0.717, 1.165) is 53.8 Å². The summed E-state index contributed by atoms with van der Waals surface area (Å²) >= 11 is 3.50. The zero-order valence-corrected chi connectivity index (χ0v) is 17.2. The summed E-state index contributed by atoms with van der Waals surface area (Å²) in [5.41, 5.74) is 3.37. The molecule has 1 atom stereocenters. The van der Waals surface area contributed by atoms with Crippen LogP contribution in [0, 0.1) is 0 Å². The summed E-state index contributed by atoms with van der Waals surface area (Å²) in [5, 5.41) is 0. The molecule has 1 unspecified atom stereocenters. The Morgan fingerprint density at radius 2 is 1.93 bits per heavy atom. The van der Waals surface area contributed by atoms with E-state index in [1.54, 1.807) is 0 Å². The molecule has 1 fully saturated rings. The van der Waals surface area contributed by atoms with Gasteiger partial charge in [0.25, 0.3) is 0 Å². The van der Waals surface area contributed by atoms with E-state index in [1.165, 1.54) is 5.56 Å². The van der Waals surface area contributed by atoms with Crippen LogP contribution >= 0.6 is 15.9 Å². The van der Waals surface area contributed by atoms with Crippen LogP contribution in [0.25, 0.3) is 11.0 Å². The SMILES string of the molecule is CCCCN1CC(c2nc3ccccc3n2Cc2ccc(Br)cc2)CC1=O. The summed E-state index contributed by atoms with van der Waals surface area (Å²) in [6.45, 7) is 4.57. The third-order valence-corrected chi connectivity index (χ3v) is 5.83. The molecule has 27 heavy (non-hydrogen) atoms. The maximum absolute atomic E-state index is 12.5. The van der Waals surface area contributed by atoms with Crippen molar-refractivity contribution < 1.29 is 4.79 Å². The zero-order valence-electron chi connectivity index (χ0n) is 15.6. The number of carbonyl (C=O) groups excluding carboxylic acids is 1. The van der Waals surface area contributed by atoms with Crippen molar-refractivity contribution in [3.05, 3.63) is 64.4 Å². The van der Waals surface area contributed by atoms with Gasteiger partial charge in [0.2, 0.25) is 5.91 Å². The summed E-state index contributed by atoms with van der Waals surface area (Å²) in [5.74, 6) is 1.46. The second-order valence-electron chi connectivity index (χ2n) is 7.27. The quantitative estimate of drug-likeness (QED) is 0.559. The van der Waals surface area contributed by atoms with Crippen molar-refractivity contribution in [3.8, 4) is 0 Å². The minimum Gasteiger partial charge on any atom is -0.342 e. The number of halogens is 1. The van der Waals surface area contributed by atoms with Crippen LogP contribution in [0.3, 0.4) is 0 Å². The van der Waals surface area contributed by atoms with E-state index in [1.807, 2.05) is 11.0 Å². The molecule has 1 aliphatic heterocycles. The zero-order chi connectivity index (χ0) is 18.8. The van der Waals surface area contributed by atoms with Gasteiger partial charge in [-0.1, -0.05) is 53.5 Å². The number of likely N-dealkylation sites (tertiary alicyclic amines) is 1. The highest BCUT2D eigenvalue weighted by molar-refractivity contribution is 9.10. The number of amides is 1. The molecule has 5 heteroatoms. The molecule has 4 nitrogen and oxygen atoms in total. The summed E-state index contributed by atoms with van der Waals surface area (Å²) in [7, 11) is 0. The van der Waals surface area contributed by atoms with Gasteiger partial charge in [-0.15, -0.1) is 0 Å². The van der Waals surface area contributed by atoms with E-state index in [-0.39, 0.29) is 11.8 Å². The van der Waals surface area contributed by atoms with Gasteiger partial charge in [0.05, 0.1) is 11.0 Å². The normalized spacial score (nSPS) is 17.2. The van der Waals surface area contributed by atoms with Crippen molar-refractivity contribution in [2.75, 3.05) is 13.1 Å². The lowest BCUT2D eigenvalue weighted by atomic mass is 10.1. The average Bonchev–Trinajstić information content (AvgIpc) is 3.22. The Morgan fingerprint density at radius 1 is 1.15 bits per heavy atom. The lowest BCUT2D eigenvalue weighted by Crippen LogP contribution is -2.26. The third-order valence-electron chi connectivity index (χ3n) is 5.30. The molecular weight excluding hydrogens is 402 g/mol. The Hall–Kier alpha value is -2.14. The molecule has 1 aliphatic rings. The van der Waals surface area contributed by atoms with E-state index in [9.17, 15) is 4.79 Å². The van der Waals surface area contributed by atoms with Crippen molar-refractivity contribution in [2.45, 2.75) is 38.6 Å². The Bertz CT molecular complexity index is 948. The number of nitrogens with zero attached hydrogens (tertiary/aromatic N) is 3. The first-order valence-electron chi connectivity index (χ1n) is 9.63. The number of hydrogen-bond donors (Lipinski definition) is 0. The largest absolute Gasteiger partial charge is 0.342 e. The van der Waals surface area contributed by atoms with E-state index in [4.69, 9.17) is 4.98 Å². The van der Waals surface area contributed by atoms with Gasteiger partial charge in [-0.05, 0) is 36.2 Å². The first kappa shape index (κ1) is 18.2. The summed E-state index contributed by atoms with van der Waals surface area (Å²) in [6.07, 6.45) is 2.73. The Kier molecular flexibility index (Phi) is 5.30. The molecule has 2 heterocycles. The molecule has 3 aromatic rings. The predicted octanol–water partition coefficient (Wildman–Crippen LogP) is 4.96. The first-order chi connectivity index (χ1) is 13.2. The Labute approximate surface area is 168 Å². The second-order valence-corrected chi connectivity index (χ2v) is 8.18. The standard InChI is InChI=1S/C22H24BrN3O/c1-2-3-12-25-15-17(13-21(25)27)22-24-19-6-4-5-7-20(19)26(22)14-16-8-10-18(23)11-9-16/h4-11,17H,2-3,12-15H2,1H3. The monoisotopic (exact) mass is 425 g/mol. The molecule has 0 radical (unpaired) electrons. The number of hydrogen-bond acceptors (Lipinski definition) is 2. The van der Waals surface area contributed by atoms with Crippen LogP contribution in [0.15, 0.2) is 53.0 Å². The summed E-state index contributed by atoms with van der Waals surface area (Å²) < 4.78 is 3.37. The van der Waals surface area contributed by atoms with Gasteiger partial charge >= 0.3 is 0 Å². The molecule has 1 saturated heterocycles. The molecule has 0 aliphatic carbocycles. The van der Waals surface area contributed by atoms with Crippen LogP contribution in [-0.4, -0.2) is 33.4 Å². The molecule has 140 valence electrons. The number of fused-ring (bicyclic) bond motifs is 1. The molecular formula is C22H24BrN3O. The molecule has 0 spiro atoms. The van der Waals surface area contributed by atoms with Crippen LogP contribution in [-0.2, 0) is 11.3 Å². The molecule has 1 amide bonds. The minimum absolute atomic E-state index is 0.164. The van der Waals surface area contributed by atoms with Crippen molar-refractivity contribution in [1.29, 1.82) is 0 Å². The van der Waals surface area contributed by atoms with Gasteiger partial charge in [-0.25, -0.2) is 4.98 Å². The number of unbranched alkanes of at least 4 members (excludes halogenated alkanes) is 1. The Balaban J connectivity index is 1.68. The molecule has 4 rings (SSSR count). The van der Waals surface area contributed by atoms with Crippen LogP contribution in [0.2, 0.25) is 0 Å². The van der Waals surface area contributed by atoms with E-state index in [0.29, 0.717) is 6.42 Å². The number of rotatable bonds is 6. The highest BCUT2D eigenvalue weighted by Crippen LogP contribution is 2.31. The molecule has 0 saturated carbocycles. The number of imidazole rings is 1. The molecule has 0 bridgehead atoms.